The Morgan fingerprint density at radius 2 is 1.71 bits per heavy atom. The van der Waals surface area contributed by atoms with Crippen LogP contribution >= 0.6 is 24.8 Å². The summed E-state index contributed by atoms with van der Waals surface area (Å²) in [6.45, 7) is 7.98. The summed E-state index contributed by atoms with van der Waals surface area (Å²) in [6.07, 6.45) is 5.63. The molecule has 0 atom stereocenters. The van der Waals surface area contributed by atoms with Crippen LogP contribution in [-0.4, -0.2) is 32.6 Å². The predicted octanol–water partition coefficient (Wildman–Crippen LogP) is 5.98. The fraction of sp³-hybridized carbons (Fsp3) is 0.391. The molecule has 0 aromatic heterocycles. The van der Waals surface area contributed by atoms with Gasteiger partial charge < -0.3 is 0 Å². The number of fused-ring (bicyclic) bond motifs is 1. The zero-order valence-electron chi connectivity index (χ0n) is 17.7. The van der Waals surface area contributed by atoms with Gasteiger partial charge in [0.25, 0.3) is 0 Å². The van der Waals surface area contributed by atoms with Crippen LogP contribution in [0.1, 0.15) is 32.8 Å². The first kappa shape index (κ1) is 25.4. The molecule has 0 saturated carbocycles. The zero-order chi connectivity index (χ0) is 18.9. The summed E-state index contributed by atoms with van der Waals surface area (Å²) in [5, 5.41) is 2.69. The van der Waals surface area contributed by atoms with E-state index in [1.807, 2.05) is 7.11 Å². The van der Waals surface area contributed by atoms with Gasteiger partial charge in [0, 0.05) is 0 Å². The van der Waals surface area contributed by atoms with Crippen molar-refractivity contribution in [3.63, 3.8) is 0 Å². The number of halogens is 2. The first-order valence-electron chi connectivity index (χ1n) is 9.30. The molecule has 0 saturated heterocycles. The molecular formula is C23H32Cl2NOTi. The Labute approximate surface area is 189 Å². The van der Waals surface area contributed by atoms with Gasteiger partial charge in [-0.15, -0.1) is 24.8 Å². The van der Waals surface area contributed by atoms with E-state index in [1.165, 1.54) is 31.4 Å². The molecule has 0 fully saturated rings. The van der Waals surface area contributed by atoms with Crippen LogP contribution in [0.2, 0.25) is 3.72 Å². The van der Waals surface area contributed by atoms with Crippen molar-refractivity contribution in [3.8, 4) is 0 Å². The molecule has 153 valence electrons. The minimum atomic E-state index is -1.98. The molecule has 0 aliphatic heterocycles. The molecule has 2 aromatic rings. The van der Waals surface area contributed by atoms with Crippen LogP contribution in [0.15, 0.2) is 54.1 Å². The van der Waals surface area contributed by atoms with Crippen LogP contribution in [-0.2, 0) is 21.6 Å². The Hall–Kier alpha value is -0.606. The van der Waals surface area contributed by atoms with Gasteiger partial charge in [0.15, 0.2) is 0 Å². The van der Waals surface area contributed by atoms with Crippen molar-refractivity contribution in [3.05, 3.63) is 59.7 Å². The van der Waals surface area contributed by atoms with E-state index in [0.29, 0.717) is 0 Å². The van der Waals surface area contributed by atoms with E-state index in [0.717, 1.165) is 13.0 Å². The van der Waals surface area contributed by atoms with Crippen LogP contribution in [0.3, 0.4) is 0 Å². The summed E-state index contributed by atoms with van der Waals surface area (Å²) in [4.78, 5) is 2.25. The van der Waals surface area contributed by atoms with Gasteiger partial charge in [0.05, 0.1) is 0 Å². The molecule has 2 aromatic carbocycles. The van der Waals surface area contributed by atoms with E-state index in [1.54, 1.807) is 0 Å². The molecule has 0 unspecified atom stereocenters. The van der Waals surface area contributed by atoms with Crippen molar-refractivity contribution >= 4 is 45.0 Å². The second-order valence-electron chi connectivity index (χ2n) is 8.34. The van der Waals surface area contributed by atoms with Crippen molar-refractivity contribution in [2.24, 2.45) is 0 Å². The Kier molecular flexibility index (Phi) is 9.47. The third-order valence-corrected chi connectivity index (χ3v) is 9.20. The monoisotopic (exact) mass is 456 g/mol. The number of nitrogens with zero attached hydrogens (tertiary/aromatic N) is 1. The number of hydrogen-bond acceptors (Lipinski definition) is 2. The average molecular weight is 457 g/mol. The molecule has 28 heavy (non-hydrogen) atoms. The molecule has 0 heterocycles. The van der Waals surface area contributed by atoms with Crippen LogP contribution in [0.25, 0.3) is 16.3 Å². The Bertz CT molecular complexity index is 869. The zero-order valence-corrected chi connectivity index (χ0v) is 20.9. The summed E-state index contributed by atoms with van der Waals surface area (Å²) in [6, 6.07) is 13.4. The van der Waals surface area contributed by atoms with Gasteiger partial charge >= 0.3 is 165 Å². The van der Waals surface area contributed by atoms with E-state index < -0.39 is 18.3 Å². The maximum atomic E-state index is 6.24. The van der Waals surface area contributed by atoms with E-state index in [-0.39, 0.29) is 28.5 Å². The Balaban J connectivity index is 0.00000196. The molecular weight excluding hydrogens is 425 g/mol. The van der Waals surface area contributed by atoms with Crippen molar-refractivity contribution in [2.45, 2.75) is 30.9 Å². The molecule has 3 rings (SSSR count). The molecule has 2 nitrogen and oxygen atoms in total. The first-order valence-corrected chi connectivity index (χ1v) is 11.5. The van der Waals surface area contributed by atoms with E-state index >= 15 is 0 Å². The van der Waals surface area contributed by atoms with Crippen LogP contribution in [0.5, 0.6) is 0 Å². The van der Waals surface area contributed by atoms with Gasteiger partial charge in [-0.1, -0.05) is 0 Å². The topological polar surface area (TPSA) is 12.5 Å². The third-order valence-electron chi connectivity index (χ3n) is 4.88. The minimum absolute atomic E-state index is 0. The fourth-order valence-corrected chi connectivity index (χ4v) is 7.80. The maximum Gasteiger partial charge on any atom is -0.147 e. The Morgan fingerprint density at radius 3 is 2.32 bits per heavy atom. The standard InChI is InChI=1S/C18H18N.C4H9.CH3O.2ClH.Ti/c1-19(2)13-17-8-5-9-18(17)16-11-10-14-6-3-4-7-15(14)12-16;1-4(2)3;1-2;;;/h3-8,10-11H,9,13H2,1-2H3;1-3H3;1H3;2*1H;/q;;-1;;;+1. The molecule has 0 amide bonds. The Morgan fingerprint density at radius 1 is 1.04 bits per heavy atom. The second kappa shape index (κ2) is 10.4. The number of benzene rings is 2. The normalized spacial score (nSPS) is 13.7. The summed E-state index contributed by atoms with van der Waals surface area (Å²) in [7, 11) is 6.19. The van der Waals surface area contributed by atoms with Crippen LogP contribution in [0, 0.1) is 0 Å². The predicted molar refractivity (Wildman–Crippen MR) is 124 cm³/mol. The largest absolute Gasteiger partial charge is 0.147 e. The quantitative estimate of drug-likeness (QED) is 0.513. The van der Waals surface area contributed by atoms with E-state index in [4.69, 9.17) is 3.32 Å². The average Bonchev–Trinajstić information content (AvgIpc) is 3.01. The van der Waals surface area contributed by atoms with Gasteiger partial charge in [-0.2, -0.15) is 0 Å². The van der Waals surface area contributed by atoms with Gasteiger partial charge in [-0.3, -0.25) is 0 Å². The van der Waals surface area contributed by atoms with Gasteiger partial charge in [0.1, 0.15) is 0 Å². The molecule has 1 aliphatic carbocycles. The molecule has 1 aliphatic rings. The van der Waals surface area contributed by atoms with E-state index in [2.05, 4.69) is 88.3 Å². The first-order chi connectivity index (χ1) is 12.3. The second-order valence-corrected chi connectivity index (χ2v) is 13.1. The molecule has 0 N–H and O–H groups in total. The third kappa shape index (κ3) is 5.30. The molecule has 0 radical (unpaired) electrons. The van der Waals surface area contributed by atoms with Crippen molar-refractivity contribution in [2.75, 3.05) is 27.7 Å². The smallest absolute Gasteiger partial charge is 0.147 e. The van der Waals surface area contributed by atoms with Gasteiger partial charge in [-0.25, -0.2) is 0 Å². The van der Waals surface area contributed by atoms with Crippen molar-refractivity contribution in [1.82, 2.24) is 4.90 Å². The number of allylic oxidation sites excluding steroid dienone is 2. The minimum Gasteiger partial charge on any atom is -0.147 e. The number of rotatable bonds is 5. The van der Waals surface area contributed by atoms with Gasteiger partial charge in [-0.05, 0) is 0 Å². The summed E-state index contributed by atoms with van der Waals surface area (Å²) >= 11 is -1.98. The van der Waals surface area contributed by atoms with Crippen molar-refractivity contribution < 1.29 is 21.6 Å². The summed E-state index contributed by atoms with van der Waals surface area (Å²) < 4.78 is 7.91. The summed E-state index contributed by atoms with van der Waals surface area (Å²) in [5.74, 6) is 0. The number of likely N-dealkylation sites (N-methyl/N-ethyl adjacent to an activating group) is 1. The maximum absolute atomic E-state index is 6.24. The molecule has 5 heteroatoms. The van der Waals surface area contributed by atoms with Crippen molar-refractivity contribution in [1.29, 1.82) is 0 Å². The molecule has 0 spiro atoms. The number of hydrogen-bond donors (Lipinski definition) is 0. The fourth-order valence-electron chi connectivity index (χ4n) is 3.87. The summed E-state index contributed by atoms with van der Waals surface area (Å²) in [5.41, 5.74) is 4.33. The van der Waals surface area contributed by atoms with Crippen LogP contribution in [0.4, 0.5) is 0 Å². The van der Waals surface area contributed by atoms with E-state index in [9.17, 15) is 0 Å². The van der Waals surface area contributed by atoms with Crippen LogP contribution < -0.4 is 3.87 Å². The van der Waals surface area contributed by atoms with Gasteiger partial charge in [0.2, 0.25) is 0 Å². The molecule has 0 bridgehead atoms. The SMILES string of the molecule is C[O][Ti]([c]1c(C2=C(CN(C)C)C=CC2)ccc2ccccc12)[C](C)(C)C.Cl.Cl.